The van der Waals surface area contributed by atoms with E-state index in [0.29, 0.717) is 24.3 Å². The zero-order valence-electron chi connectivity index (χ0n) is 12.8. The number of ether oxygens (including phenoxy) is 2. The molecule has 2 aromatic rings. The lowest BCUT2D eigenvalue weighted by atomic mass is 9.98. The molecule has 0 spiro atoms. The average molecular weight is 286 g/mol. The van der Waals surface area contributed by atoms with Gasteiger partial charge in [-0.2, -0.15) is 0 Å². The van der Waals surface area contributed by atoms with Crippen LogP contribution >= 0.6 is 0 Å². The molecule has 21 heavy (non-hydrogen) atoms. The Morgan fingerprint density at radius 2 is 1.67 bits per heavy atom. The number of aliphatic hydroxyl groups excluding tert-OH is 1. The zero-order valence-corrected chi connectivity index (χ0v) is 12.8. The minimum atomic E-state index is -0.413. The second-order valence-corrected chi connectivity index (χ2v) is 5.18. The molecule has 1 atom stereocenters. The molecular weight excluding hydrogens is 264 g/mol. The quantitative estimate of drug-likeness (QED) is 0.886. The van der Waals surface area contributed by atoms with Crippen molar-refractivity contribution in [3.05, 3.63) is 59.2 Å². The van der Waals surface area contributed by atoms with Gasteiger partial charge >= 0.3 is 0 Å². The summed E-state index contributed by atoms with van der Waals surface area (Å²) in [4.78, 5) is 0. The molecule has 0 amide bonds. The van der Waals surface area contributed by atoms with E-state index in [1.165, 1.54) is 11.1 Å². The SMILES string of the molecule is COc1ccc(CC(O)Cc2ccccc2C)cc1OC. The van der Waals surface area contributed by atoms with Gasteiger partial charge in [-0.3, -0.25) is 0 Å². The Balaban J connectivity index is 2.06. The van der Waals surface area contributed by atoms with Gasteiger partial charge in [-0.05, 0) is 48.6 Å². The maximum atomic E-state index is 10.3. The van der Waals surface area contributed by atoms with E-state index in [1.54, 1.807) is 14.2 Å². The average Bonchev–Trinajstić information content (AvgIpc) is 2.49. The van der Waals surface area contributed by atoms with Gasteiger partial charge in [0.15, 0.2) is 11.5 Å². The van der Waals surface area contributed by atoms with Gasteiger partial charge in [0.25, 0.3) is 0 Å². The molecule has 2 aromatic carbocycles. The second-order valence-electron chi connectivity index (χ2n) is 5.18. The molecule has 1 N–H and O–H groups in total. The Labute approximate surface area is 126 Å². The minimum absolute atomic E-state index is 0.413. The van der Waals surface area contributed by atoms with Gasteiger partial charge in [0.05, 0.1) is 20.3 Å². The van der Waals surface area contributed by atoms with Crippen LogP contribution in [0.25, 0.3) is 0 Å². The van der Waals surface area contributed by atoms with Crippen LogP contribution < -0.4 is 9.47 Å². The number of aliphatic hydroxyl groups is 1. The van der Waals surface area contributed by atoms with E-state index in [-0.39, 0.29) is 0 Å². The van der Waals surface area contributed by atoms with E-state index in [9.17, 15) is 5.11 Å². The Kier molecular flexibility index (Phi) is 5.23. The first-order valence-corrected chi connectivity index (χ1v) is 7.07. The lowest BCUT2D eigenvalue weighted by molar-refractivity contribution is 0.175. The van der Waals surface area contributed by atoms with Crippen molar-refractivity contribution in [2.24, 2.45) is 0 Å². The highest BCUT2D eigenvalue weighted by molar-refractivity contribution is 5.43. The van der Waals surface area contributed by atoms with Gasteiger partial charge in [-0.1, -0.05) is 30.3 Å². The summed E-state index contributed by atoms with van der Waals surface area (Å²) in [5.74, 6) is 1.40. The fraction of sp³-hybridized carbons (Fsp3) is 0.333. The van der Waals surface area contributed by atoms with E-state index in [4.69, 9.17) is 9.47 Å². The fourth-order valence-electron chi connectivity index (χ4n) is 2.44. The number of benzene rings is 2. The van der Waals surface area contributed by atoms with Gasteiger partial charge in [0.1, 0.15) is 0 Å². The minimum Gasteiger partial charge on any atom is -0.493 e. The van der Waals surface area contributed by atoms with Crippen LogP contribution in [0.1, 0.15) is 16.7 Å². The van der Waals surface area contributed by atoms with Crippen LogP contribution in [0.2, 0.25) is 0 Å². The van der Waals surface area contributed by atoms with Gasteiger partial charge in [0, 0.05) is 0 Å². The first-order valence-electron chi connectivity index (χ1n) is 7.07. The van der Waals surface area contributed by atoms with Crippen molar-refractivity contribution in [3.63, 3.8) is 0 Å². The summed E-state index contributed by atoms with van der Waals surface area (Å²) < 4.78 is 10.5. The predicted octanol–water partition coefficient (Wildman–Crippen LogP) is 3.16. The molecule has 112 valence electrons. The standard InChI is InChI=1S/C18H22O3/c1-13-6-4-5-7-15(13)12-16(19)10-14-8-9-17(20-2)18(11-14)21-3/h4-9,11,16,19H,10,12H2,1-3H3. The van der Waals surface area contributed by atoms with Gasteiger partial charge in [0.2, 0.25) is 0 Å². The van der Waals surface area contributed by atoms with Crippen LogP contribution in [0.15, 0.2) is 42.5 Å². The van der Waals surface area contributed by atoms with E-state index in [0.717, 1.165) is 5.56 Å². The maximum Gasteiger partial charge on any atom is 0.160 e. The van der Waals surface area contributed by atoms with E-state index >= 15 is 0 Å². The second kappa shape index (κ2) is 7.14. The van der Waals surface area contributed by atoms with E-state index in [1.807, 2.05) is 30.3 Å². The van der Waals surface area contributed by atoms with Crippen molar-refractivity contribution >= 4 is 0 Å². The number of hydrogen-bond donors (Lipinski definition) is 1. The molecule has 0 aliphatic heterocycles. The third-order valence-electron chi connectivity index (χ3n) is 3.64. The molecule has 0 aliphatic rings. The van der Waals surface area contributed by atoms with Crippen molar-refractivity contribution in [2.45, 2.75) is 25.9 Å². The molecule has 0 fully saturated rings. The van der Waals surface area contributed by atoms with Gasteiger partial charge < -0.3 is 14.6 Å². The first kappa shape index (κ1) is 15.4. The van der Waals surface area contributed by atoms with Gasteiger partial charge in [-0.25, -0.2) is 0 Å². The Morgan fingerprint density at radius 1 is 0.952 bits per heavy atom. The fourth-order valence-corrected chi connectivity index (χ4v) is 2.44. The molecule has 0 bridgehead atoms. The Bertz CT molecular complexity index is 593. The van der Waals surface area contributed by atoms with Crippen LogP contribution in [0.3, 0.4) is 0 Å². The highest BCUT2D eigenvalue weighted by Crippen LogP contribution is 2.28. The molecule has 1 unspecified atom stereocenters. The molecular formula is C18H22O3. The molecule has 0 radical (unpaired) electrons. The first-order chi connectivity index (χ1) is 10.1. The number of methoxy groups -OCH3 is 2. The van der Waals surface area contributed by atoms with Crippen LogP contribution in [-0.4, -0.2) is 25.4 Å². The highest BCUT2D eigenvalue weighted by Gasteiger charge is 2.11. The summed E-state index contributed by atoms with van der Waals surface area (Å²) >= 11 is 0. The molecule has 3 heteroatoms. The summed E-state index contributed by atoms with van der Waals surface area (Å²) in [5.41, 5.74) is 3.43. The maximum absolute atomic E-state index is 10.3. The molecule has 0 saturated carbocycles. The smallest absolute Gasteiger partial charge is 0.160 e. The van der Waals surface area contributed by atoms with Gasteiger partial charge in [-0.15, -0.1) is 0 Å². The molecule has 3 nitrogen and oxygen atoms in total. The van der Waals surface area contributed by atoms with E-state index < -0.39 is 6.10 Å². The van der Waals surface area contributed by atoms with Crippen molar-refractivity contribution < 1.29 is 14.6 Å². The summed E-state index contributed by atoms with van der Waals surface area (Å²) in [7, 11) is 3.23. The molecule has 0 saturated heterocycles. The van der Waals surface area contributed by atoms with Crippen LogP contribution in [0.5, 0.6) is 11.5 Å². The topological polar surface area (TPSA) is 38.7 Å². The van der Waals surface area contributed by atoms with E-state index in [2.05, 4.69) is 19.1 Å². The van der Waals surface area contributed by atoms with Crippen LogP contribution in [0, 0.1) is 6.92 Å². The molecule has 2 rings (SSSR count). The van der Waals surface area contributed by atoms with Crippen molar-refractivity contribution in [3.8, 4) is 11.5 Å². The van der Waals surface area contributed by atoms with Crippen LogP contribution in [-0.2, 0) is 12.8 Å². The van der Waals surface area contributed by atoms with Crippen molar-refractivity contribution in [1.29, 1.82) is 0 Å². The molecule has 0 aliphatic carbocycles. The number of hydrogen-bond acceptors (Lipinski definition) is 3. The number of rotatable bonds is 6. The number of aryl methyl sites for hydroxylation is 1. The highest BCUT2D eigenvalue weighted by atomic mass is 16.5. The molecule has 0 heterocycles. The Hall–Kier alpha value is -2.00. The lowest BCUT2D eigenvalue weighted by Crippen LogP contribution is -2.14. The lowest BCUT2D eigenvalue weighted by Gasteiger charge is -2.14. The largest absolute Gasteiger partial charge is 0.493 e. The monoisotopic (exact) mass is 286 g/mol. The summed E-state index contributed by atoms with van der Waals surface area (Å²) in [5, 5.41) is 10.3. The Morgan fingerprint density at radius 3 is 2.33 bits per heavy atom. The third-order valence-corrected chi connectivity index (χ3v) is 3.64. The summed E-state index contributed by atoms with van der Waals surface area (Å²) in [6, 6.07) is 13.9. The van der Waals surface area contributed by atoms with Crippen LogP contribution in [0.4, 0.5) is 0 Å². The third kappa shape index (κ3) is 3.99. The van der Waals surface area contributed by atoms with Crippen molar-refractivity contribution in [1.82, 2.24) is 0 Å². The van der Waals surface area contributed by atoms with Crippen molar-refractivity contribution in [2.75, 3.05) is 14.2 Å². The molecule has 0 aromatic heterocycles. The summed E-state index contributed by atoms with van der Waals surface area (Å²) in [6.45, 7) is 2.07. The zero-order chi connectivity index (χ0) is 15.2. The summed E-state index contributed by atoms with van der Waals surface area (Å²) in [6.07, 6.45) is 0.833. The predicted molar refractivity (Wildman–Crippen MR) is 84.1 cm³/mol. The normalized spacial score (nSPS) is 12.0.